The smallest absolute Gasteiger partial charge is 0.282 e. The normalized spacial score (nSPS) is 28.9. The minimum atomic E-state index is -1.38. The van der Waals surface area contributed by atoms with Crippen molar-refractivity contribution in [3.05, 3.63) is 28.4 Å². The Kier molecular flexibility index (Phi) is 5.20. The molecule has 112 valence electrons. The third-order valence-corrected chi connectivity index (χ3v) is 2.91. The van der Waals surface area contributed by atoms with E-state index in [0.717, 1.165) is 4.57 Å². The van der Waals surface area contributed by atoms with E-state index >= 15 is 0 Å². The fourth-order valence-corrected chi connectivity index (χ4v) is 1.92. The molecule has 0 aromatic carbocycles. The standard InChI is InChI=1S/C10H14N4O5.ClH/c11-8(12)5-9(18)14(2-1-13-5)10-7(17)6(16)4(3-15)19-10;/h1-2,4,6-7,10,15-17H,3H2,(H3,11,12);1H/t4?,6?,7-,10-;/m1./s1. The van der Waals surface area contributed by atoms with E-state index in [9.17, 15) is 15.0 Å². The lowest BCUT2D eigenvalue weighted by atomic mass is 10.1. The van der Waals surface area contributed by atoms with Crippen LogP contribution in [0, 0.1) is 5.41 Å². The number of nitrogens with two attached hydrogens (primary N) is 1. The van der Waals surface area contributed by atoms with Gasteiger partial charge in [-0.1, -0.05) is 0 Å². The summed E-state index contributed by atoms with van der Waals surface area (Å²) >= 11 is 0. The molecule has 10 heteroatoms. The molecule has 2 unspecified atom stereocenters. The molecule has 9 nitrogen and oxygen atoms in total. The molecule has 1 aromatic rings. The van der Waals surface area contributed by atoms with Gasteiger partial charge in [0, 0.05) is 12.4 Å². The Morgan fingerprint density at radius 2 is 2.15 bits per heavy atom. The number of aromatic nitrogens is 2. The predicted molar refractivity (Wildman–Crippen MR) is 69.8 cm³/mol. The summed E-state index contributed by atoms with van der Waals surface area (Å²) in [5, 5.41) is 35.6. The van der Waals surface area contributed by atoms with Gasteiger partial charge in [-0.3, -0.25) is 14.8 Å². The van der Waals surface area contributed by atoms with E-state index in [1.54, 1.807) is 0 Å². The summed E-state index contributed by atoms with van der Waals surface area (Å²) in [5.41, 5.74) is 4.22. The van der Waals surface area contributed by atoms with Crippen molar-refractivity contribution in [3.63, 3.8) is 0 Å². The fraction of sp³-hybridized carbons (Fsp3) is 0.500. The van der Waals surface area contributed by atoms with Crippen LogP contribution in [0.5, 0.6) is 0 Å². The number of nitrogens with one attached hydrogen (secondary N) is 1. The molecule has 1 aromatic heterocycles. The van der Waals surface area contributed by atoms with E-state index in [0.29, 0.717) is 0 Å². The molecule has 0 spiro atoms. The van der Waals surface area contributed by atoms with Crippen molar-refractivity contribution in [1.29, 1.82) is 5.41 Å². The molecule has 0 aliphatic carbocycles. The van der Waals surface area contributed by atoms with Crippen molar-refractivity contribution in [3.8, 4) is 0 Å². The van der Waals surface area contributed by atoms with Gasteiger partial charge in [0.05, 0.1) is 6.61 Å². The number of amidine groups is 1. The molecular weight excluding hydrogens is 292 g/mol. The molecule has 1 aliphatic rings. The monoisotopic (exact) mass is 306 g/mol. The minimum absolute atomic E-state index is 0. The zero-order valence-corrected chi connectivity index (χ0v) is 11.0. The van der Waals surface area contributed by atoms with E-state index < -0.39 is 42.5 Å². The molecule has 20 heavy (non-hydrogen) atoms. The number of hydrogen-bond acceptors (Lipinski definition) is 7. The quantitative estimate of drug-likeness (QED) is 0.307. The number of hydrogen-bond donors (Lipinski definition) is 5. The van der Waals surface area contributed by atoms with E-state index in [-0.39, 0.29) is 18.1 Å². The van der Waals surface area contributed by atoms with Crippen LogP contribution in [0.15, 0.2) is 17.2 Å². The van der Waals surface area contributed by atoms with Crippen molar-refractivity contribution < 1.29 is 20.1 Å². The van der Waals surface area contributed by atoms with Crippen LogP contribution in [-0.2, 0) is 4.74 Å². The second-order valence-electron chi connectivity index (χ2n) is 4.13. The largest absolute Gasteiger partial charge is 0.394 e. The van der Waals surface area contributed by atoms with E-state index in [1.165, 1.54) is 12.4 Å². The van der Waals surface area contributed by atoms with Gasteiger partial charge < -0.3 is 25.8 Å². The van der Waals surface area contributed by atoms with Crippen LogP contribution in [0.2, 0.25) is 0 Å². The highest BCUT2D eigenvalue weighted by Crippen LogP contribution is 2.27. The molecule has 0 saturated carbocycles. The van der Waals surface area contributed by atoms with Gasteiger partial charge in [0.15, 0.2) is 11.9 Å². The molecule has 2 heterocycles. The Hall–Kier alpha value is -1.52. The van der Waals surface area contributed by atoms with E-state index in [1.807, 2.05) is 0 Å². The van der Waals surface area contributed by atoms with Gasteiger partial charge in [0.1, 0.15) is 24.1 Å². The molecule has 6 N–H and O–H groups in total. The Balaban J connectivity index is 0.00000200. The van der Waals surface area contributed by atoms with Gasteiger partial charge in [-0.15, -0.1) is 12.4 Å². The number of aliphatic hydroxyl groups excluding tert-OH is 3. The lowest BCUT2D eigenvalue weighted by Gasteiger charge is -2.17. The van der Waals surface area contributed by atoms with Crippen molar-refractivity contribution in [2.24, 2.45) is 5.73 Å². The Bertz CT molecular complexity index is 551. The maximum atomic E-state index is 12.0. The molecule has 0 radical (unpaired) electrons. The molecule has 4 atom stereocenters. The lowest BCUT2D eigenvalue weighted by molar-refractivity contribution is -0.0545. The second kappa shape index (κ2) is 6.29. The van der Waals surface area contributed by atoms with Crippen LogP contribution in [0.3, 0.4) is 0 Å². The van der Waals surface area contributed by atoms with Crippen molar-refractivity contribution in [2.45, 2.75) is 24.5 Å². The molecule has 2 rings (SSSR count). The number of aliphatic hydroxyl groups is 3. The summed E-state index contributed by atoms with van der Waals surface area (Å²) in [5.74, 6) is -0.508. The van der Waals surface area contributed by atoms with Crippen LogP contribution in [0.1, 0.15) is 11.9 Å². The first-order valence-electron chi connectivity index (χ1n) is 5.51. The third kappa shape index (κ3) is 2.67. The summed E-state index contributed by atoms with van der Waals surface area (Å²) in [6.45, 7) is -0.492. The summed E-state index contributed by atoms with van der Waals surface area (Å²) < 4.78 is 6.19. The van der Waals surface area contributed by atoms with Gasteiger partial charge in [-0.05, 0) is 0 Å². The molecule has 0 amide bonds. The van der Waals surface area contributed by atoms with Gasteiger partial charge >= 0.3 is 0 Å². The average molecular weight is 307 g/mol. The van der Waals surface area contributed by atoms with Crippen LogP contribution in [0.25, 0.3) is 0 Å². The molecule has 1 fully saturated rings. The van der Waals surface area contributed by atoms with Gasteiger partial charge in [0.25, 0.3) is 5.56 Å². The Morgan fingerprint density at radius 1 is 1.50 bits per heavy atom. The molecule has 1 aliphatic heterocycles. The maximum Gasteiger partial charge on any atom is 0.282 e. The van der Waals surface area contributed by atoms with Gasteiger partial charge in [-0.25, -0.2) is 4.98 Å². The molecular formula is C10H15ClN4O5. The van der Waals surface area contributed by atoms with Crippen LogP contribution < -0.4 is 11.3 Å². The Labute approximate surface area is 119 Å². The highest BCUT2D eigenvalue weighted by molar-refractivity contribution is 5.92. The summed E-state index contributed by atoms with van der Waals surface area (Å²) in [6, 6.07) is 0. The van der Waals surface area contributed by atoms with Gasteiger partial charge in [-0.2, -0.15) is 0 Å². The maximum absolute atomic E-state index is 12.0. The van der Waals surface area contributed by atoms with Crippen molar-refractivity contribution in [2.75, 3.05) is 6.61 Å². The number of halogens is 1. The highest BCUT2D eigenvalue weighted by atomic mass is 35.5. The Morgan fingerprint density at radius 3 is 2.65 bits per heavy atom. The van der Waals surface area contributed by atoms with Crippen LogP contribution >= 0.6 is 12.4 Å². The summed E-state index contributed by atoms with van der Waals surface area (Å²) in [7, 11) is 0. The summed E-state index contributed by atoms with van der Waals surface area (Å²) in [6.07, 6.45) is -2.36. The number of nitrogens with zero attached hydrogens (tertiary/aromatic N) is 2. The molecule has 1 saturated heterocycles. The second-order valence-corrected chi connectivity index (χ2v) is 4.13. The number of ether oxygens (including phenoxy) is 1. The third-order valence-electron chi connectivity index (χ3n) is 2.91. The number of nitrogen functional groups attached to an aromatic ring is 1. The minimum Gasteiger partial charge on any atom is -0.394 e. The lowest BCUT2D eigenvalue weighted by Crippen LogP contribution is -2.38. The first-order valence-corrected chi connectivity index (χ1v) is 5.51. The van der Waals surface area contributed by atoms with E-state index in [4.69, 9.17) is 21.0 Å². The van der Waals surface area contributed by atoms with Crippen molar-refractivity contribution in [1.82, 2.24) is 9.55 Å². The van der Waals surface area contributed by atoms with Crippen molar-refractivity contribution >= 4 is 18.2 Å². The fourth-order valence-electron chi connectivity index (χ4n) is 1.92. The average Bonchev–Trinajstić information content (AvgIpc) is 2.66. The summed E-state index contributed by atoms with van der Waals surface area (Å²) in [4.78, 5) is 15.7. The van der Waals surface area contributed by atoms with Gasteiger partial charge in [0.2, 0.25) is 0 Å². The SMILES string of the molecule is Cl.N=C(N)c1nccn([C@@H]2OC(CO)C(O)[C@H]2O)c1=O. The van der Waals surface area contributed by atoms with Crippen LogP contribution in [0.4, 0.5) is 0 Å². The van der Waals surface area contributed by atoms with E-state index in [2.05, 4.69) is 4.98 Å². The first kappa shape index (κ1) is 16.5. The van der Waals surface area contributed by atoms with Crippen LogP contribution in [-0.4, -0.2) is 55.6 Å². The zero-order valence-electron chi connectivity index (χ0n) is 10.2. The topological polar surface area (TPSA) is 155 Å². The number of rotatable bonds is 3. The highest BCUT2D eigenvalue weighted by Gasteiger charge is 2.43. The molecule has 0 bridgehead atoms. The predicted octanol–water partition coefficient (Wildman–Crippen LogP) is -2.44. The first-order chi connectivity index (χ1) is 8.97. The zero-order chi connectivity index (χ0) is 14.2.